The summed E-state index contributed by atoms with van der Waals surface area (Å²) < 4.78 is 12.9. The molecule has 0 spiro atoms. The van der Waals surface area contributed by atoms with Gasteiger partial charge in [0.1, 0.15) is 5.82 Å². The molecule has 0 atom stereocenters. The molecule has 88 valence electrons. The first kappa shape index (κ1) is 11.6. The monoisotopic (exact) mass is 221 g/mol. The van der Waals surface area contributed by atoms with Gasteiger partial charge in [-0.3, -0.25) is 0 Å². The molecule has 0 aliphatic heterocycles. The van der Waals surface area contributed by atoms with Crippen molar-refractivity contribution < 1.29 is 4.39 Å². The van der Waals surface area contributed by atoms with Crippen molar-refractivity contribution in [3.63, 3.8) is 0 Å². The summed E-state index contributed by atoms with van der Waals surface area (Å²) in [6, 6.07) is 5.06. The third kappa shape index (κ3) is 3.05. The average Bonchev–Trinajstić information content (AvgIpc) is 2.18. The van der Waals surface area contributed by atoms with Crippen molar-refractivity contribution in [2.75, 3.05) is 13.1 Å². The van der Waals surface area contributed by atoms with Gasteiger partial charge in [0.15, 0.2) is 0 Å². The Bertz CT molecular complexity index is 345. The van der Waals surface area contributed by atoms with Gasteiger partial charge in [0, 0.05) is 0 Å². The van der Waals surface area contributed by atoms with Gasteiger partial charge >= 0.3 is 0 Å². The van der Waals surface area contributed by atoms with Gasteiger partial charge in [-0.1, -0.05) is 12.5 Å². The minimum atomic E-state index is -0.135. The van der Waals surface area contributed by atoms with Gasteiger partial charge in [0.2, 0.25) is 0 Å². The summed E-state index contributed by atoms with van der Waals surface area (Å²) in [5.41, 5.74) is 2.31. The predicted molar refractivity (Wildman–Crippen MR) is 65.1 cm³/mol. The lowest BCUT2D eigenvalue weighted by Crippen LogP contribution is -2.28. The van der Waals surface area contributed by atoms with E-state index in [1.165, 1.54) is 24.8 Å². The number of aryl methyl sites for hydroxylation is 1. The van der Waals surface area contributed by atoms with Crippen LogP contribution in [0.15, 0.2) is 18.2 Å². The third-order valence-corrected chi connectivity index (χ3v) is 3.53. The molecule has 0 radical (unpaired) electrons. The number of nitrogens with one attached hydrogen (secondary N) is 1. The number of rotatable bonds is 5. The Kier molecular flexibility index (Phi) is 3.94. The molecule has 0 unspecified atom stereocenters. The number of halogens is 1. The van der Waals surface area contributed by atoms with Crippen LogP contribution in [0.3, 0.4) is 0 Å². The zero-order chi connectivity index (χ0) is 11.4. The first-order valence-electron chi connectivity index (χ1n) is 6.21. The van der Waals surface area contributed by atoms with Crippen LogP contribution < -0.4 is 5.32 Å². The maximum Gasteiger partial charge on any atom is 0.123 e. The minimum absolute atomic E-state index is 0.135. The fourth-order valence-corrected chi connectivity index (χ4v) is 2.17. The molecule has 1 nitrogen and oxygen atoms in total. The average molecular weight is 221 g/mol. The molecule has 2 rings (SSSR count). The second-order valence-corrected chi connectivity index (χ2v) is 4.82. The van der Waals surface area contributed by atoms with E-state index < -0.39 is 0 Å². The highest BCUT2D eigenvalue weighted by Gasteiger charge is 2.16. The lowest BCUT2D eigenvalue weighted by Gasteiger charge is -2.25. The highest BCUT2D eigenvalue weighted by molar-refractivity contribution is 5.26. The Morgan fingerprint density at radius 3 is 2.81 bits per heavy atom. The molecule has 1 N–H and O–H groups in total. The summed E-state index contributed by atoms with van der Waals surface area (Å²) in [6.07, 6.45) is 5.19. The van der Waals surface area contributed by atoms with Crippen LogP contribution in [0.4, 0.5) is 4.39 Å². The van der Waals surface area contributed by atoms with Crippen LogP contribution in [0.25, 0.3) is 0 Å². The van der Waals surface area contributed by atoms with Gasteiger partial charge in [-0.15, -0.1) is 0 Å². The summed E-state index contributed by atoms with van der Waals surface area (Å²) >= 11 is 0. The lowest BCUT2D eigenvalue weighted by atomic mass is 9.85. The molecule has 1 aliphatic rings. The maximum atomic E-state index is 12.9. The zero-order valence-electron chi connectivity index (χ0n) is 9.93. The Labute approximate surface area is 97.1 Å². The van der Waals surface area contributed by atoms with Crippen molar-refractivity contribution in [3.05, 3.63) is 35.1 Å². The van der Waals surface area contributed by atoms with Crippen LogP contribution in [-0.2, 0) is 6.42 Å². The second kappa shape index (κ2) is 5.44. The molecule has 0 aromatic heterocycles. The smallest absolute Gasteiger partial charge is 0.123 e. The van der Waals surface area contributed by atoms with Crippen molar-refractivity contribution >= 4 is 0 Å². The molecule has 1 fully saturated rings. The lowest BCUT2D eigenvalue weighted by molar-refractivity contribution is 0.302. The van der Waals surface area contributed by atoms with E-state index in [9.17, 15) is 4.39 Å². The molecular formula is C14H20FN. The Morgan fingerprint density at radius 2 is 2.19 bits per heavy atom. The number of hydrogen-bond acceptors (Lipinski definition) is 1. The molecule has 0 bridgehead atoms. The fourth-order valence-electron chi connectivity index (χ4n) is 2.17. The van der Waals surface area contributed by atoms with E-state index in [0.29, 0.717) is 0 Å². The molecule has 0 amide bonds. The molecular weight excluding hydrogens is 201 g/mol. The van der Waals surface area contributed by atoms with E-state index in [0.717, 1.165) is 31.0 Å². The molecule has 1 aromatic carbocycles. The molecule has 1 aliphatic carbocycles. The first-order chi connectivity index (χ1) is 7.75. The van der Waals surface area contributed by atoms with Crippen molar-refractivity contribution in [3.8, 4) is 0 Å². The predicted octanol–water partition coefficient (Wildman–Crippen LogP) is 3.07. The first-order valence-corrected chi connectivity index (χ1v) is 6.21. The SMILES string of the molecule is Cc1cc(F)ccc1CCNCC1CCC1. The van der Waals surface area contributed by atoms with Crippen LogP contribution in [0.5, 0.6) is 0 Å². The molecule has 2 heteroatoms. The van der Waals surface area contributed by atoms with Gasteiger partial charge < -0.3 is 5.32 Å². The standard InChI is InChI=1S/C14H20FN/c1-11-9-14(15)6-5-13(11)7-8-16-10-12-3-2-4-12/h5-6,9,12,16H,2-4,7-8,10H2,1H3. The normalized spacial score (nSPS) is 16.1. The van der Waals surface area contributed by atoms with Gasteiger partial charge in [0.05, 0.1) is 0 Å². The van der Waals surface area contributed by atoms with E-state index in [1.807, 2.05) is 13.0 Å². The van der Waals surface area contributed by atoms with Crippen LogP contribution >= 0.6 is 0 Å². The summed E-state index contributed by atoms with van der Waals surface area (Å²) in [6.45, 7) is 4.13. The largest absolute Gasteiger partial charge is 0.316 e. The molecule has 0 heterocycles. The van der Waals surface area contributed by atoms with Crippen molar-refractivity contribution in [2.45, 2.75) is 32.6 Å². The summed E-state index contributed by atoms with van der Waals surface area (Å²) in [5.74, 6) is 0.776. The van der Waals surface area contributed by atoms with Gasteiger partial charge in [-0.25, -0.2) is 4.39 Å². The highest BCUT2D eigenvalue weighted by Crippen LogP contribution is 2.25. The topological polar surface area (TPSA) is 12.0 Å². The van der Waals surface area contributed by atoms with Crippen LogP contribution in [0.1, 0.15) is 30.4 Å². The van der Waals surface area contributed by atoms with E-state index in [-0.39, 0.29) is 5.82 Å². The number of hydrogen-bond donors (Lipinski definition) is 1. The van der Waals surface area contributed by atoms with Crippen LogP contribution in [0.2, 0.25) is 0 Å². The quantitative estimate of drug-likeness (QED) is 0.753. The third-order valence-electron chi connectivity index (χ3n) is 3.53. The fraction of sp³-hybridized carbons (Fsp3) is 0.571. The van der Waals surface area contributed by atoms with Crippen molar-refractivity contribution in [1.82, 2.24) is 5.32 Å². The summed E-state index contributed by atoms with van der Waals surface area (Å²) in [4.78, 5) is 0. The van der Waals surface area contributed by atoms with E-state index in [1.54, 1.807) is 12.1 Å². The van der Waals surface area contributed by atoms with Crippen molar-refractivity contribution in [2.24, 2.45) is 5.92 Å². The van der Waals surface area contributed by atoms with Gasteiger partial charge in [-0.2, -0.15) is 0 Å². The number of benzene rings is 1. The Hall–Kier alpha value is -0.890. The Morgan fingerprint density at radius 1 is 1.38 bits per heavy atom. The molecule has 1 saturated carbocycles. The zero-order valence-corrected chi connectivity index (χ0v) is 9.93. The maximum absolute atomic E-state index is 12.9. The molecule has 0 saturated heterocycles. The Balaban J connectivity index is 1.71. The summed E-state index contributed by atoms with van der Waals surface area (Å²) in [5, 5.41) is 3.48. The van der Waals surface area contributed by atoms with E-state index in [2.05, 4.69) is 5.32 Å². The highest BCUT2D eigenvalue weighted by atomic mass is 19.1. The minimum Gasteiger partial charge on any atom is -0.316 e. The van der Waals surface area contributed by atoms with Crippen LogP contribution in [0, 0.1) is 18.7 Å². The van der Waals surface area contributed by atoms with Gasteiger partial charge in [0.25, 0.3) is 0 Å². The van der Waals surface area contributed by atoms with Crippen molar-refractivity contribution in [1.29, 1.82) is 0 Å². The second-order valence-electron chi connectivity index (χ2n) is 4.82. The molecule has 16 heavy (non-hydrogen) atoms. The summed E-state index contributed by atoms with van der Waals surface area (Å²) in [7, 11) is 0. The van der Waals surface area contributed by atoms with E-state index >= 15 is 0 Å². The molecule has 1 aromatic rings. The van der Waals surface area contributed by atoms with Crippen LogP contribution in [-0.4, -0.2) is 13.1 Å². The van der Waals surface area contributed by atoms with Gasteiger partial charge in [-0.05, 0) is 68.5 Å². The van der Waals surface area contributed by atoms with E-state index in [4.69, 9.17) is 0 Å².